The fraction of sp³-hybridized carbons (Fsp3) is 0.371. The molecule has 7 heteroatoms. The van der Waals surface area contributed by atoms with E-state index in [0.717, 1.165) is 87.6 Å². The highest BCUT2D eigenvalue weighted by atomic mass is 79.9. The monoisotopic (exact) mass is 629 g/mol. The predicted molar refractivity (Wildman–Crippen MR) is 167 cm³/mol. The lowest BCUT2D eigenvalue weighted by Gasteiger charge is -2.44. The number of hydrogen-bond acceptors (Lipinski definition) is 6. The van der Waals surface area contributed by atoms with Crippen molar-refractivity contribution in [3.05, 3.63) is 92.7 Å². The highest BCUT2D eigenvalue weighted by molar-refractivity contribution is 9.10. The van der Waals surface area contributed by atoms with E-state index >= 15 is 0 Å². The molecular weight excluding hydrogens is 594 g/mol. The second-order valence-corrected chi connectivity index (χ2v) is 12.0. The van der Waals surface area contributed by atoms with Crippen LogP contribution in [0.5, 0.6) is 11.5 Å². The molecule has 0 amide bonds. The average molecular weight is 631 g/mol. The van der Waals surface area contributed by atoms with E-state index in [1.54, 1.807) is 14.2 Å². The maximum atomic E-state index is 13.6. The Morgan fingerprint density at radius 1 is 0.881 bits per heavy atom. The van der Waals surface area contributed by atoms with Gasteiger partial charge in [0.05, 0.1) is 11.6 Å². The molecule has 3 aliphatic rings. The Bertz CT molecular complexity index is 1560. The van der Waals surface area contributed by atoms with Crippen LogP contribution in [0.4, 0.5) is 0 Å². The van der Waals surface area contributed by atoms with Gasteiger partial charge in [-0.3, -0.25) is 9.59 Å². The molecular formula is C35H36BrNO5. The third kappa shape index (κ3) is 5.29. The number of rotatable bonds is 9. The van der Waals surface area contributed by atoms with Crippen LogP contribution in [0.3, 0.4) is 0 Å². The van der Waals surface area contributed by atoms with Gasteiger partial charge in [-0.05, 0) is 82.1 Å². The maximum absolute atomic E-state index is 13.6. The lowest BCUT2D eigenvalue weighted by Crippen LogP contribution is -2.39. The lowest BCUT2D eigenvalue weighted by atomic mass is 9.71. The minimum absolute atomic E-state index is 0.134. The second kappa shape index (κ2) is 12.4. The molecule has 1 heterocycles. The van der Waals surface area contributed by atoms with Crippen LogP contribution in [0, 0.1) is 0 Å². The van der Waals surface area contributed by atoms with Crippen LogP contribution < -0.4 is 9.47 Å². The van der Waals surface area contributed by atoms with Gasteiger partial charge in [0.25, 0.3) is 0 Å². The summed E-state index contributed by atoms with van der Waals surface area (Å²) in [6.45, 7) is 1.75. The number of halogens is 1. The van der Waals surface area contributed by atoms with Gasteiger partial charge in [0.1, 0.15) is 6.61 Å². The van der Waals surface area contributed by atoms with E-state index in [1.807, 2.05) is 30.3 Å². The van der Waals surface area contributed by atoms with Crippen LogP contribution in [-0.2, 0) is 20.9 Å². The number of ether oxygens (including phenoxy) is 3. The van der Waals surface area contributed by atoms with Crippen LogP contribution in [-0.4, -0.2) is 43.8 Å². The Hall–Kier alpha value is -3.42. The summed E-state index contributed by atoms with van der Waals surface area (Å²) in [5, 5.41) is 2.31. The van der Waals surface area contributed by atoms with Crippen molar-refractivity contribution in [1.29, 1.82) is 0 Å². The molecule has 6 rings (SSSR count). The molecule has 1 aliphatic heterocycles. The molecule has 0 saturated carbocycles. The molecule has 3 aromatic rings. The number of ketones is 2. The highest BCUT2D eigenvalue weighted by Gasteiger charge is 2.43. The van der Waals surface area contributed by atoms with Gasteiger partial charge < -0.3 is 19.1 Å². The molecule has 0 radical (unpaired) electrons. The van der Waals surface area contributed by atoms with Gasteiger partial charge in [0.2, 0.25) is 0 Å². The van der Waals surface area contributed by atoms with Crippen molar-refractivity contribution in [1.82, 2.24) is 4.90 Å². The molecule has 0 fully saturated rings. The van der Waals surface area contributed by atoms with Gasteiger partial charge in [-0.25, -0.2) is 0 Å². The Balaban J connectivity index is 1.40. The van der Waals surface area contributed by atoms with Crippen molar-refractivity contribution in [2.24, 2.45) is 0 Å². The molecule has 0 atom stereocenters. The first-order valence-electron chi connectivity index (χ1n) is 14.8. The topological polar surface area (TPSA) is 65.1 Å². The number of carbonyl (C=O) groups excluding carboxylic acids is 2. The molecule has 6 nitrogen and oxygen atoms in total. The van der Waals surface area contributed by atoms with Crippen LogP contribution in [0.2, 0.25) is 0 Å². The zero-order chi connectivity index (χ0) is 29.2. The first-order chi connectivity index (χ1) is 20.5. The number of fused-ring (bicyclic) bond motifs is 1. The van der Waals surface area contributed by atoms with E-state index < -0.39 is 5.92 Å². The summed E-state index contributed by atoms with van der Waals surface area (Å²) in [7, 11) is 3.33. The minimum Gasteiger partial charge on any atom is -0.493 e. The van der Waals surface area contributed by atoms with Crippen molar-refractivity contribution < 1.29 is 23.8 Å². The summed E-state index contributed by atoms with van der Waals surface area (Å²) >= 11 is 3.76. The summed E-state index contributed by atoms with van der Waals surface area (Å²) < 4.78 is 18.3. The van der Waals surface area contributed by atoms with Crippen LogP contribution >= 0.6 is 15.9 Å². The molecule has 2 aliphatic carbocycles. The minimum atomic E-state index is -0.411. The van der Waals surface area contributed by atoms with E-state index in [1.165, 1.54) is 0 Å². The second-order valence-electron chi connectivity index (χ2n) is 11.2. The number of allylic oxidation sites excluding steroid dienone is 4. The average Bonchev–Trinajstić information content (AvgIpc) is 3.00. The summed E-state index contributed by atoms with van der Waals surface area (Å²) in [5.41, 5.74) is 5.65. The molecule has 42 heavy (non-hydrogen) atoms. The summed E-state index contributed by atoms with van der Waals surface area (Å²) in [4.78, 5) is 29.5. The number of carbonyl (C=O) groups is 2. The van der Waals surface area contributed by atoms with E-state index in [2.05, 4.69) is 45.1 Å². The van der Waals surface area contributed by atoms with Crippen molar-refractivity contribution in [2.75, 3.05) is 27.4 Å². The zero-order valence-corrected chi connectivity index (χ0v) is 25.8. The van der Waals surface area contributed by atoms with Crippen LogP contribution in [0.25, 0.3) is 10.8 Å². The molecule has 0 N–H and O–H groups in total. The largest absolute Gasteiger partial charge is 0.493 e. The zero-order valence-electron chi connectivity index (χ0n) is 24.2. The van der Waals surface area contributed by atoms with Gasteiger partial charge >= 0.3 is 0 Å². The number of nitrogens with zero attached hydrogens (tertiary/aromatic N) is 1. The number of hydrogen-bond donors (Lipinski definition) is 0. The van der Waals surface area contributed by atoms with Gasteiger partial charge in [-0.1, -0.05) is 42.5 Å². The quantitative estimate of drug-likeness (QED) is 0.227. The lowest BCUT2D eigenvalue weighted by molar-refractivity contribution is -0.117. The van der Waals surface area contributed by atoms with Crippen molar-refractivity contribution >= 4 is 38.3 Å². The number of Topliss-reactive ketones (excluding diaryl/α,β-unsaturated/α-hetero) is 2. The third-order valence-corrected chi connectivity index (χ3v) is 9.24. The first-order valence-corrected chi connectivity index (χ1v) is 15.6. The fourth-order valence-corrected chi connectivity index (χ4v) is 7.38. The molecule has 0 aromatic heterocycles. The molecule has 0 bridgehead atoms. The molecule has 0 spiro atoms. The Labute approximate surface area is 255 Å². The maximum Gasteiger partial charge on any atom is 0.175 e. The highest BCUT2D eigenvalue weighted by Crippen LogP contribution is 2.51. The van der Waals surface area contributed by atoms with Gasteiger partial charge in [-0.2, -0.15) is 0 Å². The Morgan fingerprint density at radius 3 is 2.26 bits per heavy atom. The smallest absolute Gasteiger partial charge is 0.175 e. The van der Waals surface area contributed by atoms with Gasteiger partial charge in [-0.15, -0.1) is 0 Å². The van der Waals surface area contributed by atoms with Crippen molar-refractivity contribution in [2.45, 2.75) is 57.5 Å². The van der Waals surface area contributed by atoms with Crippen molar-refractivity contribution in [3.8, 4) is 11.5 Å². The van der Waals surface area contributed by atoms with E-state index in [4.69, 9.17) is 14.2 Å². The summed E-state index contributed by atoms with van der Waals surface area (Å²) in [6.07, 6.45) is 5.16. The van der Waals surface area contributed by atoms with E-state index in [0.29, 0.717) is 37.6 Å². The standard InChI is InChI=1S/C35H36BrNO5/c1-40-18-8-17-37-27-13-6-15-29(38)33(27)32(34-28(37)14-7-16-30(34)39)24-19-26(36)35(31(20-24)41-2)42-21-23-11-5-10-22-9-3-4-12-25(22)23/h3-5,9-12,19-20,32H,6-8,13-18,21H2,1-2H3. The first kappa shape index (κ1) is 28.7. The molecule has 0 saturated heterocycles. The normalized spacial score (nSPS) is 17.5. The SMILES string of the molecule is COCCCN1C2=C(C(=O)CCC2)C(c2cc(Br)c(OCc3cccc4ccccc34)c(OC)c2)C2=C1CCCC2=O. The van der Waals surface area contributed by atoms with Crippen molar-refractivity contribution in [3.63, 3.8) is 0 Å². The molecule has 218 valence electrons. The molecule has 3 aromatic carbocycles. The number of methoxy groups -OCH3 is 2. The molecule has 0 unspecified atom stereocenters. The van der Waals surface area contributed by atoms with Gasteiger partial charge in [0, 0.05) is 61.6 Å². The fourth-order valence-electron chi connectivity index (χ4n) is 6.80. The Kier molecular flexibility index (Phi) is 8.50. The predicted octanol–water partition coefficient (Wildman–Crippen LogP) is 7.64. The Morgan fingerprint density at radius 2 is 1.57 bits per heavy atom. The summed E-state index contributed by atoms with van der Waals surface area (Å²) in [5.74, 6) is 1.02. The van der Waals surface area contributed by atoms with E-state index in [9.17, 15) is 9.59 Å². The third-order valence-electron chi connectivity index (χ3n) is 8.65. The van der Waals surface area contributed by atoms with Crippen LogP contribution in [0.15, 0.2) is 81.6 Å². The number of benzene rings is 3. The van der Waals surface area contributed by atoms with E-state index in [-0.39, 0.29) is 11.6 Å². The van der Waals surface area contributed by atoms with Gasteiger partial charge in [0.15, 0.2) is 23.1 Å². The van der Waals surface area contributed by atoms with Crippen LogP contribution in [0.1, 0.15) is 62.0 Å². The summed E-state index contributed by atoms with van der Waals surface area (Å²) in [6, 6.07) is 18.4.